The molecule has 4 aromatic rings. The number of benzene rings is 2. The number of carbonyl (C=O) groups excluding carboxylic acids is 1. The van der Waals surface area contributed by atoms with E-state index in [-0.39, 0.29) is 22.3 Å². The number of halogens is 1. The summed E-state index contributed by atoms with van der Waals surface area (Å²) in [7, 11) is -0.928. The van der Waals surface area contributed by atoms with E-state index in [1.807, 2.05) is 0 Å². The van der Waals surface area contributed by atoms with Crippen LogP contribution in [-0.4, -0.2) is 32.6 Å². The maximum Gasteiger partial charge on any atom is 0.407 e. The minimum absolute atomic E-state index is 0.00158. The number of aromatic nitrogens is 2. The van der Waals surface area contributed by atoms with E-state index in [9.17, 15) is 24.7 Å². The monoisotopic (exact) mass is 468 g/mol. The molecule has 12 heteroatoms. The predicted octanol–water partition coefficient (Wildman–Crippen LogP) is 3.76. The van der Waals surface area contributed by atoms with Crippen LogP contribution in [0.2, 0.25) is 11.8 Å². The van der Waals surface area contributed by atoms with Crippen molar-refractivity contribution < 1.29 is 14.7 Å². The van der Waals surface area contributed by atoms with Crippen molar-refractivity contribution in [2.75, 3.05) is 5.23 Å². The van der Waals surface area contributed by atoms with E-state index in [1.165, 1.54) is 31.1 Å². The number of rotatable bonds is 6. The van der Waals surface area contributed by atoms with E-state index in [4.69, 9.17) is 11.6 Å². The van der Waals surface area contributed by atoms with Crippen LogP contribution in [0, 0.1) is 10.1 Å². The van der Waals surface area contributed by atoms with E-state index < -0.39 is 23.3 Å². The first-order valence-electron chi connectivity index (χ1n) is 9.30. The van der Waals surface area contributed by atoms with Crippen molar-refractivity contribution in [2.45, 2.75) is 6.82 Å². The van der Waals surface area contributed by atoms with Crippen LogP contribution in [-0.2, 0) is 0 Å². The van der Waals surface area contributed by atoms with Gasteiger partial charge in [-0.3, -0.25) is 19.7 Å². The lowest BCUT2D eigenvalue weighted by Crippen LogP contribution is -2.26. The standard InChI is InChI=1S/C20H14BClN4O5S/c1-21(29)23-19-16-15(10-32-19)17(18(27)11-2-6-14(7-3-11)26(30)31)24-25(20(16)28)13-8-4-12(22)5-9-13/h2-10,23,29H,1H3. The molecule has 2 heterocycles. The van der Waals surface area contributed by atoms with Gasteiger partial charge in [-0.25, -0.2) is 0 Å². The number of nitro groups is 1. The molecule has 2 N–H and O–H groups in total. The number of carbonyl (C=O) groups is 1. The highest BCUT2D eigenvalue weighted by molar-refractivity contribution is 7.16. The van der Waals surface area contributed by atoms with Gasteiger partial charge in [0.2, 0.25) is 5.78 Å². The second-order valence-electron chi connectivity index (χ2n) is 6.85. The summed E-state index contributed by atoms with van der Waals surface area (Å²) in [5.74, 6) is -0.506. The number of anilines is 1. The molecule has 0 aliphatic carbocycles. The molecule has 4 rings (SSSR count). The van der Waals surface area contributed by atoms with E-state index >= 15 is 0 Å². The average Bonchev–Trinajstić information content (AvgIpc) is 3.18. The van der Waals surface area contributed by atoms with Crippen LogP contribution >= 0.6 is 22.9 Å². The topological polar surface area (TPSA) is 127 Å². The highest BCUT2D eigenvalue weighted by atomic mass is 35.5. The zero-order valence-corrected chi connectivity index (χ0v) is 18.1. The van der Waals surface area contributed by atoms with Crippen molar-refractivity contribution in [1.29, 1.82) is 0 Å². The molecule has 0 aliphatic heterocycles. The van der Waals surface area contributed by atoms with Crippen molar-refractivity contribution in [1.82, 2.24) is 9.78 Å². The van der Waals surface area contributed by atoms with E-state index in [1.54, 1.807) is 29.6 Å². The van der Waals surface area contributed by atoms with E-state index in [0.29, 0.717) is 21.1 Å². The fourth-order valence-corrected chi connectivity index (χ4v) is 4.29. The van der Waals surface area contributed by atoms with Gasteiger partial charge in [0.1, 0.15) is 5.69 Å². The molecule has 0 saturated carbocycles. The van der Waals surface area contributed by atoms with Gasteiger partial charge >= 0.3 is 7.05 Å². The van der Waals surface area contributed by atoms with Crippen LogP contribution in [0.1, 0.15) is 16.1 Å². The SMILES string of the molecule is CB(O)Nc1scc2c(C(=O)c3ccc([N+](=O)[O-])cc3)nn(-c3ccc(Cl)cc3)c(=O)c12. The van der Waals surface area contributed by atoms with Gasteiger partial charge in [-0.1, -0.05) is 11.6 Å². The number of hydrogen-bond acceptors (Lipinski definition) is 8. The smallest absolute Gasteiger partial charge is 0.407 e. The maximum absolute atomic E-state index is 13.3. The molecule has 160 valence electrons. The van der Waals surface area contributed by atoms with E-state index in [0.717, 1.165) is 16.0 Å². The molecule has 32 heavy (non-hydrogen) atoms. The lowest BCUT2D eigenvalue weighted by atomic mass is 9.89. The summed E-state index contributed by atoms with van der Waals surface area (Å²) in [5.41, 5.74) is -0.0507. The molecule has 0 aliphatic rings. The van der Waals surface area contributed by atoms with Crippen molar-refractivity contribution in [3.8, 4) is 5.69 Å². The largest absolute Gasteiger partial charge is 0.433 e. The summed E-state index contributed by atoms with van der Waals surface area (Å²) >= 11 is 7.11. The number of nitrogens with one attached hydrogen (secondary N) is 1. The molecule has 2 aromatic heterocycles. The van der Waals surface area contributed by atoms with Gasteiger partial charge in [0.05, 0.1) is 21.0 Å². The number of thiophene rings is 1. The normalized spacial score (nSPS) is 10.8. The van der Waals surface area contributed by atoms with Gasteiger partial charge in [-0.15, -0.1) is 11.3 Å². The van der Waals surface area contributed by atoms with Gasteiger partial charge in [0.25, 0.3) is 11.2 Å². The quantitative estimate of drug-likeness (QED) is 0.191. The minimum Gasteiger partial charge on any atom is -0.433 e. The molecular weight excluding hydrogens is 455 g/mol. The number of ketones is 1. The Morgan fingerprint density at radius 2 is 1.88 bits per heavy atom. The third-order valence-electron chi connectivity index (χ3n) is 4.62. The molecule has 9 nitrogen and oxygen atoms in total. The lowest BCUT2D eigenvalue weighted by Gasteiger charge is -2.10. The molecule has 2 aromatic carbocycles. The first kappa shape index (κ1) is 21.7. The van der Waals surface area contributed by atoms with Crippen molar-refractivity contribution in [3.05, 3.63) is 90.7 Å². The van der Waals surface area contributed by atoms with Crippen molar-refractivity contribution >= 4 is 57.2 Å². The van der Waals surface area contributed by atoms with Crippen molar-refractivity contribution in [3.63, 3.8) is 0 Å². The van der Waals surface area contributed by atoms with Crippen LogP contribution in [0.4, 0.5) is 10.7 Å². The van der Waals surface area contributed by atoms with Crippen molar-refractivity contribution in [2.24, 2.45) is 0 Å². The first-order valence-corrected chi connectivity index (χ1v) is 10.6. The van der Waals surface area contributed by atoms with Crippen LogP contribution in [0.15, 0.2) is 58.7 Å². The fraction of sp³-hybridized carbons (Fsp3) is 0.0500. The Hall–Kier alpha value is -3.54. The summed E-state index contributed by atoms with van der Waals surface area (Å²) in [6.07, 6.45) is 0. The van der Waals surface area contributed by atoms with Gasteiger partial charge < -0.3 is 10.3 Å². The molecule has 0 fully saturated rings. The second-order valence-corrected chi connectivity index (χ2v) is 8.16. The van der Waals surface area contributed by atoms with Crippen LogP contribution < -0.4 is 10.8 Å². The summed E-state index contributed by atoms with van der Waals surface area (Å²) in [5, 5.41) is 30.8. The molecule has 0 spiro atoms. The average molecular weight is 469 g/mol. The molecule has 0 unspecified atom stereocenters. The van der Waals surface area contributed by atoms with E-state index in [2.05, 4.69) is 10.3 Å². The maximum atomic E-state index is 13.3. The predicted molar refractivity (Wildman–Crippen MR) is 124 cm³/mol. The highest BCUT2D eigenvalue weighted by Crippen LogP contribution is 2.31. The van der Waals surface area contributed by atoms with Gasteiger partial charge in [-0.2, -0.15) is 9.78 Å². The fourth-order valence-electron chi connectivity index (χ4n) is 3.14. The second kappa shape index (κ2) is 8.54. The molecule has 0 saturated heterocycles. The Kier molecular flexibility index (Phi) is 5.79. The van der Waals surface area contributed by atoms with Crippen LogP contribution in [0.3, 0.4) is 0 Å². The molecular formula is C20H14BClN4O5S. The lowest BCUT2D eigenvalue weighted by molar-refractivity contribution is -0.384. The number of fused-ring (bicyclic) bond motifs is 1. The zero-order valence-electron chi connectivity index (χ0n) is 16.5. The summed E-state index contributed by atoms with van der Waals surface area (Å²) < 4.78 is 1.09. The Bertz CT molecular complexity index is 1400. The number of non-ortho nitro benzene ring substituents is 1. The highest BCUT2D eigenvalue weighted by Gasteiger charge is 2.23. The Balaban J connectivity index is 1.94. The summed E-state index contributed by atoms with van der Waals surface area (Å²) in [4.78, 5) is 36.9. The molecule has 0 bridgehead atoms. The number of nitrogens with zero attached hydrogens (tertiary/aromatic N) is 3. The Morgan fingerprint density at radius 3 is 2.47 bits per heavy atom. The van der Waals surface area contributed by atoms with Crippen LogP contribution in [0.25, 0.3) is 16.5 Å². The van der Waals surface area contributed by atoms with Crippen LogP contribution in [0.5, 0.6) is 0 Å². The van der Waals surface area contributed by atoms with Gasteiger partial charge in [-0.05, 0) is 43.2 Å². The Labute approximate surface area is 190 Å². The number of nitro benzene ring substituents is 1. The summed E-state index contributed by atoms with van der Waals surface area (Å²) in [6.45, 7) is 1.51. The molecule has 0 radical (unpaired) electrons. The third-order valence-corrected chi connectivity index (χ3v) is 5.78. The number of hydrogen-bond donors (Lipinski definition) is 2. The Morgan fingerprint density at radius 1 is 1.22 bits per heavy atom. The minimum atomic E-state index is -0.928. The molecule has 0 amide bonds. The van der Waals surface area contributed by atoms with Gasteiger partial charge in [0, 0.05) is 33.5 Å². The third kappa shape index (κ3) is 4.00. The first-order chi connectivity index (χ1) is 15.3. The molecule has 0 atom stereocenters. The van der Waals surface area contributed by atoms with Gasteiger partial charge in [0.15, 0.2) is 0 Å². The summed E-state index contributed by atoms with van der Waals surface area (Å²) in [6, 6.07) is 11.5. The zero-order chi connectivity index (χ0) is 23.0.